The third kappa shape index (κ3) is 6.91. The third-order valence-corrected chi connectivity index (χ3v) is 4.82. The molecule has 134 valence electrons. The number of rotatable bonds is 7. The predicted octanol–water partition coefficient (Wildman–Crippen LogP) is 5.36. The summed E-state index contributed by atoms with van der Waals surface area (Å²) in [7, 11) is 0. The quantitative estimate of drug-likeness (QED) is 0.647. The number of carboxylic acid groups (broad SMARTS) is 1. The molecule has 0 aliphatic heterocycles. The third-order valence-electron chi connectivity index (χ3n) is 3.04. The van der Waals surface area contributed by atoms with E-state index >= 15 is 0 Å². The van der Waals surface area contributed by atoms with E-state index in [0.717, 1.165) is 16.0 Å². The first-order chi connectivity index (χ1) is 11.7. The highest BCUT2D eigenvalue weighted by atomic mass is 32.2. The molecule has 2 aromatic rings. The molecule has 0 spiro atoms. The van der Waals surface area contributed by atoms with Gasteiger partial charge in [-0.05, 0) is 60.1 Å². The summed E-state index contributed by atoms with van der Waals surface area (Å²) < 4.78 is 42.4. The molecule has 0 unspecified atom stereocenters. The lowest BCUT2D eigenvalue weighted by atomic mass is 10.2. The topological polar surface area (TPSA) is 46.5 Å². The molecule has 0 amide bonds. The van der Waals surface area contributed by atoms with Gasteiger partial charge < -0.3 is 9.84 Å². The molecule has 0 aliphatic rings. The maximum absolute atomic E-state index is 12.4. The second-order valence-electron chi connectivity index (χ2n) is 5.09. The Hall–Kier alpha value is -1.80. The molecule has 0 aliphatic carbocycles. The summed E-state index contributed by atoms with van der Waals surface area (Å²) in [5.74, 6) is -0.0223. The molecule has 2 rings (SSSR count). The molecule has 0 saturated carbocycles. The lowest BCUT2D eigenvalue weighted by Crippen LogP contribution is -2.09. The van der Waals surface area contributed by atoms with E-state index < -0.39 is 18.1 Å². The second-order valence-corrected chi connectivity index (χ2v) is 7.28. The fourth-order valence-corrected chi connectivity index (χ4v) is 3.57. The number of aliphatic carboxylic acids is 1. The SMILES string of the molecule is Cc1cc(SCc2cccc(SC(F)(F)F)c2)ccc1OCC(=O)O. The van der Waals surface area contributed by atoms with E-state index in [4.69, 9.17) is 9.84 Å². The van der Waals surface area contributed by atoms with Crippen LogP contribution in [0, 0.1) is 6.92 Å². The average Bonchev–Trinajstić information content (AvgIpc) is 2.50. The molecular formula is C17H15F3O3S2. The van der Waals surface area contributed by atoms with Gasteiger partial charge in [0.05, 0.1) is 0 Å². The molecule has 8 heteroatoms. The summed E-state index contributed by atoms with van der Waals surface area (Å²) in [5, 5.41) is 8.62. The van der Waals surface area contributed by atoms with Crippen LogP contribution in [0.1, 0.15) is 11.1 Å². The Morgan fingerprint density at radius 2 is 1.92 bits per heavy atom. The molecule has 0 aromatic heterocycles. The number of alkyl halides is 3. The number of hydrogen-bond acceptors (Lipinski definition) is 4. The first kappa shape index (κ1) is 19.5. The van der Waals surface area contributed by atoms with Crippen LogP contribution in [-0.4, -0.2) is 23.2 Å². The number of carbonyl (C=O) groups is 1. The molecule has 0 bridgehead atoms. The van der Waals surface area contributed by atoms with Crippen LogP contribution in [0.15, 0.2) is 52.3 Å². The maximum Gasteiger partial charge on any atom is 0.446 e. The molecule has 25 heavy (non-hydrogen) atoms. The minimum Gasteiger partial charge on any atom is -0.482 e. The van der Waals surface area contributed by atoms with Crippen LogP contribution in [0.5, 0.6) is 5.75 Å². The van der Waals surface area contributed by atoms with Gasteiger partial charge in [-0.1, -0.05) is 12.1 Å². The molecule has 2 aromatic carbocycles. The van der Waals surface area contributed by atoms with Crippen LogP contribution >= 0.6 is 23.5 Å². The van der Waals surface area contributed by atoms with Gasteiger partial charge >= 0.3 is 11.5 Å². The lowest BCUT2D eigenvalue weighted by molar-refractivity contribution is -0.139. The first-order valence-electron chi connectivity index (χ1n) is 7.16. The first-order valence-corrected chi connectivity index (χ1v) is 8.96. The van der Waals surface area contributed by atoms with Gasteiger partial charge in [0, 0.05) is 15.5 Å². The minimum atomic E-state index is -4.30. The smallest absolute Gasteiger partial charge is 0.446 e. The highest BCUT2D eigenvalue weighted by Crippen LogP contribution is 2.37. The van der Waals surface area contributed by atoms with Crippen LogP contribution < -0.4 is 4.74 Å². The van der Waals surface area contributed by atoms with Crippen molar-refractivity contribution in [3.05, 3.63) is 53.6 Å². The standard InChI is InChI=1S/C17H15F3O3S2/c1-11-7-13(5-6-15(11)23-9-16(21)22)24-10-12-3-2-4-14(8-12)25-17(18,19)20/h2-8H,9-10H2,1H3,(H,21,22). The molecular weight excluding hydrogens is 373 g/mol. The predicted molar refractivity (Wildman–Crippen MR) is 92.2 cm³/mol. The van der Waals surface area contributed by atoms with Crippen molar-refractivity contribution >= 4 is 29.5 Å². The Kier molecular flexibility index (Phi) is 6.66. The second kappa shape index (κ2) is 8.53. The van der Waals surface area contributed by atoms with E-state index in [9.17, 15) is 18.0 Å². The van der Waals surface area contributed by atoms with E-state index in [1.54, 1.807) is 24.3 Å². The van der Waals surface area contributed by atoms with Gasteiger partial charge in [0.25, 0.3) is 0 Å². The van der Waals surface area contributed by atoms with Crippen LogP contribution in [0.2, 0.25) is 0 Å². The Morgan fingerprint density at radius 1 is 1.16 bits per heavy atom. The van der Waals surface area contributed by atoms with Gasteiger partial charge in [-0.15, -0.1) is 11.8 Å². The van der Waals surface area contributed by atoms with Crippen molar-refractivity contribution < 1.29 is 27.8 Å². The van der Waals surface area contributed by atoms with Crippen molar-refractivity contribution in [2.45, 2.75) is 28.0 Å². The van der Waals surface area contributed by atoms with Crippen LogP contribution in [0.25, 0.3) is 0 Å². The normalized spacial score (nSPS) is 11.4. The average molecular weight is 388 g/mol. The summed E-state index contributed by atoms with van der Waals surface area (Å²) in [4.78, 5) is 11.6. The van der Waals surface area contributed by atoms with Crippen molar-refractivity contribution in [3.8, 4) is 5.75 Å². The van der Waals surface area contributed by atoms with Crippen LogP contribution in [-0.2, 0) is 10.5 Å². The Morgan fingerprint density at radius 3 is 2.56 bits per heavy atom. The Balaban J connectivity index is 1.98. The zero-order valence-electron chi connectivity index (χ0n) is 13.2. The van der Waals surface area contributed by atoms with Gasteiger partial charge in [-0.2, -0.15) is 13.2 Å². The van der Waals surface area contributed by atoms with Crippen molar-refractivity contribution in [1.82, 2.24) is 0 Å². The highest BCUT2D eigenvalue weighted by molar-refractivity contribution is 8.00. The zero-order valence-corrected chi connectivity index (χ0v) is 14.8. The number of ether oxygens (including phenoxy) is 1. The number of carboxylic acids is 1. The Labute approximate surface area is 151 Å². The minimum absolute atomic E-state index is 0.125. The molecule has 3 nitrogen and oxygen atoms in total. The molecule has 1 N–H and O–H groups in total. The van der Waals surface area contributed by atoms with Crippen LogP contribution in [0.4, 0.5) is 13.2 Å². The largest absolute Gasteiger partial charge is 0.482 e. The molecule has 0 atom stereocenters. The number of halogens is 3. The maximum atomic E-state index is 12.4. The lowest BCUT2D eigenvalue weighted by Gasteiger charge is -2.10. The Bertz CT molecular complexity index is 748. The zero-order chi connectivity index (χ0) is 18.4. The summed E-state index contributed by atoms with van der Waals surface area (Å²) in [6, 6.07) is 11.7. The van der Waals surface area contributed by atoms with E-state index in [1.807, 2.05) is 13.0 Å². The van der Waals surface area contributed by atoms with Crippen molar-refractivity contribution in [1.29, 1.82) is 0 Å². The number of aryl methyl sites for hydroxylation is 1. The molecule has 0 radical (unpaired) electrons. The summed E-state index contributed by atoms with van der Waals surface area (Å²) in [6.45, 7) is 1.40. The van der Waals surface area contributed by atoms with E-state index in [2.05, 4.69) is 0 Å². The number of hydrogen-bond donors (Lipinski definition) is 1. The monoisotopic (exact) mass is 388 g/mol. The van der Waals surface area contributed by atoms with Crippen molar-refractivity contribution in [2.24, 2.45) is 0 Å². The summed E-state index contributed by atoms with van der Waals surface area (Å²) in [5.41, 5.74) is -2.70. The molecule has 0 heterocycles. The fraction of sp³-hybridized carbons (Fsp3) is 0.235. The number of thioether (sulfide) groups is 2. The summed E-state index contributed by atoms with van der Waals surface area (Å²) >= 11 is 1.36. The van der Waals surface area contributed by atoms with Gasteiger partial charge in [0.2, 0.25) is 0 Å². The van der Waals surface area contributed by atoms with Crippen LogP contribution in [0.3, 0.4) is 0 Å². The van der Waals surface area contributed by atoms with Gasteiger partial charge in [0.1, 0.15) is 5.75 Å². The summed E-state index contributed by atoms with van der Waals surface area (Å²) in [6.07, 6.45) is 0. The fourth-order valence-electron chi connectivity index (χ4n) is 2.01. The number of benzene rings is 2. The van der Waals surface area contributed by atoms with E-state index in [-0.39, 0.29) is 16.7 Å². The van der Waals surface area contributed by atoms with Gasteiger partial charge in [-0.25, -0.2) is 4.79 Å². The van der Waals surface area contributed by atoms with Gasteiger partial charge in [-0.3, -0.25) is 0 Å². The van der Waals surface area contributed by atoms with Crippen molar-refractivity contribution in [3.63, 3.8) is 0 Å². The van der Waals surface area contributed by atoms with Gasteiger partial charge in [0.15, 0.2) is 6.61 Å². The molecule has 0 fully saturated rings. The molecule has 0 saturated heterocycles. The highest BCUT2D eigenvalue weighted by Gasteiger charge is 2.29. The van der Waals surface area contributed by atoms with E-state index in [1.165, 1.54) is 23.9 Å². The van der Waals surface area contributed by atoms with Crippen molar-refractivity contribution in [2.75, 3.05) is 6.61 Å². The van der Waals surface area contributed by atoms with E-state index in [0.29, 0.717) is 11.5 Å².